The third-order valence-electron chi connectivity index (χ3n) is 4.36. The zero-order valence-electron chi connectivity index (χ0n) is 14.5. The van der Waals surface area contributed by atoms with Crippen molar-refractivity contribution in [2.45, 2.75) is 37.0 Å². The molecule has 0 saturated carbocycles. The van der Waals surface area contributed by atoms with E-state index in [-0.39, 0.29) is 11.9 Å². The Hall–Kier alpha value is -1.93. The Morgan fingerprint density at radius 2 is 2.16 bits per heavy atom. The molecule has 1 saturated heterocycles. The van der Waals surface area contributed by atoms with Crippen molar-refractivity contribution in [2.24, 2.45) is 7.05 Å². The first kappa shape index (κ1) is 17.9. The number of piperidine rings is 1. The maximum absolute atomic E-state index is 12.6. The minimum absolute atomic E-state index is 0.0320. The number of thioether (sulfide) groups is 1. The van der Waals surface area contributed by atoms with E-state index in [1.807, 2.05) is 25.2 Å². The molecular formula is C17H24N6OS. The molecule has 2 aromatic rings. The number of aromatic nitrogens is 4. The van der Waals surface area contributed by atoms with Crippen molar-refractivity contribution in [3.05, 3.63) is 35.9 Å². The number of aryl methyl sites for hydroxylation is 1. The van der Waals surface area contributed by atoms with Crippen molar-refractivity contribution in [1.82, 2.24) is 30.4 Å². The van der Waals surface area contributed by atoms with Crippen molar-refractivity contribution < 1.29 is 4.79 Å². The summed E-state index contributed by atoms with van der Waals surface area (Å²) in [7, 11) is 1.81. The number of nitrogens with one attached hydrogen (secondary N) is 1. The number of likely N-dealkylation sites (tertiary alicyclic amines) is 1. The average molecular weight is 360 g/mol. The van der Waals surface area contributed by atoms with Gasteiger partial charge in [0.25, 0.3) is 0 Å². The lowest BCUT2D eigenvalue weighted by Crippen LogP contribution is -2.49. The molecule has 0 bridgehead atoms. The van der Waals surface area contributed by atoms with E-state index < -0.39 is 0 Å². The van der Waals surface area contributed by atoms with Gasteiger partial charge in [-0.3, -0.25) is 9.69 Å². The van der Waals surface area contributed by atoms with Gasteiger partial charge in [0.15, 0.2) is 0 Å². The van der Waals surface area contributed by atoms with Crippen LogP contribution in [0.15, 0.2) is 35.5 Å². The van der Waals surface area contributed by atoms with E-state index in [0.29, 0.717) is 6.54 Å². The molecule has 0 radical (unpaired) electrons. The summed E-state index contributed by atoms with van der Waals surface area (Å²) in [4.78, 5) is 14.9. The number of carbonyl (C=O) groups excluding carboxylic acids is 1. The van der Waals surface area contributed by atoms with Gasteiger partial charge in [-0.25, -0.2) is 4.68 Å². The third kappa shape index (κ3) is 5.02. The molecule has 1 atom stereocenters. The molecule has 1 N–H and O–H groups in total. The maximum Gasteiger partial charge on any atom is 0.237 e. The fraction of sp³-hybridized carbons (Fsp3) is 0.529. The van der Waals surface area contributed by atoms with Gasteiger partial charge >= 0.3 is 0 Å². The summed E-state index contributed by atoms with van der Waals surface area (Å²) in [5, 5.41) is 15.2. The van der Waals surface area contributed by atoms with Crippen LogP contribution in [0.4, 0.5) is 0 Å². The number of benzene rings is 1. The predicted octanol–water partition coefficient (Wildman–Crippen LogP) is 1.47. The van der Waals surface area contributed by atoms with Gasteiger partial charge in [0.2, 0.25) is 11.1 Å². The second-order valence-electron chi connectivity index (χ2n) is 6.19. The Morgan fingerprint density at radius 1 is 1.32 bits per heavy atom. The minimum atomic E-state index is -0.0320. The number of nitrogens with zero attached hydrogens (tertiary/aromatic N) is 5. The number of rotatable bonds is 7. The summed E-state index contributed by atoms with van der Waals surface area (Å²) in [6.07, 6.45) is 3.20. The summed E-state index contributed by atoms with van der Waals surface area (Å²) < 4.78 is 1.63. The molecule has 8 heteroatoms. The van der Waals surface area contributed by atoms with E-state index in [1.54, 1.807) is 16.4 Å². The maximum atomic E-state index is 12.6. The highest BCUT2D eigenvalue weighted by Crippen LogP contribution is 2.20. The van der Waals surface area contributed by atoms with Crippen LogP contribution in [0, 0.1) is 0 Å². The lowest BCUT2D eigenvalue weighted by molar-refractivity contribution is -0.127. The van der Waals surface area contributed by atoms with Crippen LogP contribution in [0.2, 0.25) is 0 Å². The van der Waals surface area contributed by atoms with E-state index in [4.69, 9.17) is 0 Å². The van der Waals surface area contributed by atoms with Crippen LogP contribution >= 0.6 is 11.8 Å². The largest absolute Gasteiger partial charge is 0.354 e. The van der Waals surface area contributed by atoms with Crippen LogP contribution in [-0.4, -0.2) is 55.9 Å². The van der Waals surface area contributed by atoms with Crippen molar-refractivity contribution >= 4 is 17.7 Å². The number of hydrogen-bond acceptors (Lipinski definition) is 6. The number of hydrogen-bond donors (Lipinski definition) is 1. The average Bonchev–Trinajstić information content (AvgIpc) is 3.05. The molecule has 1 amide bonds. The minimum Gasteiger partial charge on any atom is -0.354 e. The fourth-order valence-electron chi connectivity index (χ4n) is 3.07. The van der Waals surface area contributed by atoms with Crippen LogP contribution in [0.3, 0.4) is 0 Å². The molecule has 7 nitrogen and oxygen atoms in total. The quantitative estimate of drug-likeness (QED) is 0.595. The normalized spacial score (nSPS) is 18.2. The Bertz CT molecular complexity index is 677. The van der Waals surface area contributed by atoms with E-state index in [9.17, 15) is 4.79 Å². The van der Waals surface area contributed by atoms with E-state index in [1.165, 1.54) is 5.56 Å². The standard InChI is InChI=1S/C17H24N6OS/c1-22-17(19-20-21-22)25-12-10-18-16(24)15-9-5-6-11-23(15)13-14-7-3-2-4-8-14/h2-4,7-8,15H,5-6,9-13H2,1H3,(H,18,24)/t15-/m0/s1. The highest BCUT2D eigenvalue weighted by atomic mass is 32.2. The molecule has 0 unspecified atom stereocenters. The number of amides is 1. The molecule has 0 spiro atoms. The molecule has 3 rings (SSSR count). The van der Waals surface area contributed by atoms with Gasteiger partial charge in [0.05, 0.1) is 6.04 Å². The highest BCUT2D eigenvalue weighted by molar-refractivity contribution is 7.99. The van der Waals surface area contributed by atoms with E-state index in [0.717, 1.165) is 43.3 Å². The molecule has 2 heterocycles. The summed E-state index contributed by atoms with van der Waals surface area (Å²) >= 11 is 1.54. The second kappa shape index (κ2) is 8.96. The van der Waals surface area contributed by atoms with Crippen molar-refractivity contribution in [1.29, 1.82) is 0 Å². The molecule has 1 fully saturated rings. The summed E-state index contributed by atoms with van der Waals surface area (Å²) in [5.41, 5.74) is 1.26. The van der Waals surface area contributed by atoms with Gasteiger partial charge in [-0.05, 0) is 35.4 Å². The van der Waals surface area contributed by atoms with Crippen molar-refractivity contribution in [3.8, 4) is 0 Å². The fourth-order valence-corrected chi connectivity index (χ4v) is 3.78. The van der Waals surface area contributed by atoms with Crippen LogP contribution in [-0.2, 0) is 18.4 Å². The first-order valence-electron chi connectivity index (χ1n) is 8.65. The van der Waals surface area contributed by atoms with Gasteiger partial charge in [-0.1, -0.05) is 48.5 Å². The van der Waals surface area contributed by atoms with Crippen LogP contribution in [0.25, 0.3) is 0 Å². The van der Waals surface area contributed by atoms with Crippen LogP contribution < -0.4 is 5.32 Å². The molecule has 1 aliphatic rings. The Kier molecular flexibility index (Phi) is 6.41. The SMILES string of the molecule is Cn1nnnc1SCCNC(=O)[C@@H]1CCCCN1Cc1ccccc1. The van der Waals surface area contributed by atoms with E-state index >= 15 is 0 Å². The van der Waals surface area contributed by atoms with Gasteiger partial charge in [-0.2, -0.15) is 0 Å². The van der Waals surface area contributed by atoms with Crippen LogP contribution in [0.1, 0.15) is 24.8 Å². The first-order valence-corrected chi connectivity index (χ1v) is 9.63. The van der Waals surface area contributed by atoms with Gasteiger partial charge in [0.1, 0.15) is 0 Å². The Morgan fingerprint density at radius 3 is 2.92 bits per heavy atom. The molecule has 134 valence electrons. The Labute approximate surface area is 152 Å². The molecule has 1 aromatic heterocycles. The lowest BCUT2D eigenvalue weighted by atomic mass is 10.0. The zero-order chi connectivity index (χ0) is 17.5. The summed E-state index contributed by atoms with van der Waals surface area (Å²) in [6.45, 7) is 2.43. The molecule has 25 heavy (non-hydrogen) atoms. The number of carbonyl (C=O) groups is 1. The topological polar surface area (TPSA) is 75.9 Å². The van der Waals surface area contributed by atoms with Crippen molar-refractivity contribution in [3.63, 3.8) is 0 Å². The molecule has 1 aliphatic heterocycles. The van der Waals surface area contributed by atoms with Gasteiger partial charge in [0, 0.05) is 25.9 Å². The predicted molar refractivity (Wildman–Crippen MR) is 97.0 cm³/mol. The summed E-state index contributed by atoms with van der Waals surface area (Å²) in [5.74, 6) is 0.887. The Balaban J connectivity index is 1.48. The first-order chi connectivity index (χ1) is 12.2. The second-order valence-corrected chi connectivity index (χ2v) is 7.25. The third-order valence-corrected chi connectivity index (χ3v) is 5.37. The summed E-state index contributed by atoms with van der Waals surface area (Å²) in [6, 6.07) is 10.3. The monoisotopic (exact) mass is 360 g/mol. The number of tetrazole rings is 1. The van der Waals surface area contributed by atoms with Gasteiger partial charge < -0.3 is 5.32 Å². The molecular weight excluding hydrogens is 336 g/mol. The van der Waals surface area contributed by atoms with Gasteiger partial charge in [-0.15, -0.1) is 5.10 Å². The molecule has 1 aromatic carbocycles. The van der Waals surface area contributed by atoms with E-state index in [2.05, 4.69) is 37.9 Å². The van der Waals surface area contributed by atoms with Crippen molar-refractivity contribution in [2.75, 3.05) is 18.8 Å². The van der Waals surface area contributed by atoms with Crippen LogP contribution in [0.5, 0.6) is 0 Å². The smallest absolute Gasteiger partial charge is 0.237 e. The highest BCUT2D eigenvalue weighted by Gasteiger charge is 2.28. The lowest BCUT2D eigenvalue weighted by Gasteiger charge is -2.34. The zero-order valence-corrected chi connectivity index (χ0v) is 15.3. The molecule has 0 aliphatic carbocycles.